The quantitative estimate of drug-likeness (QED) is 0.506. The second-order valence-electron chi connectivity index (χ2n) is 7.23. The molecule has 1 saturated heterocycles. The van der Waals surface area contributed by atoms with Gasteiger partial charge in [-0.25, -0.2) is 5.43 Å². The van der Waals surface area contributed by atoms with Crippen LogP contribution in [0.15, 0.2) is 54.6 Å². The van der Waals surface area contributed by atoms with Gasteiger partial charge in [0.2, 0.25) is 0 Å². The highest BCUT2D eigenvalue weighted by molar-refractivity contribution is 8.13. The number of benzene rings is 2. The van der Waals surface area contributed by atoms with Gasteiger partial charge in [0, 0.05) is 30.2 Å². The number of rotatable bonds is 8. The lowest BCUT2D eigenvalue weighted by molar-refractivity contribution is -0.384. The summed E-state index contributed by atoms with van der Waals surface area (Å²) in [6.07, 6.45) is 2.70. The third-order valence-electron chi connectivity index (χ3n) is 5.12. The molecule has 30 heavy (non-hydrogen) atoms. The van der Waals surface area contributed by atoms with Crippen LogP contribution >= 0.6 is 11.8 Å². The number of nitrogens with one attached hydrogen (secondary N) is 1. The molecule has 1 amide bonds. The summed E-state index contributed by atoms with van der Waals surface area (Å²) in [6, 6.07) is 15.6. The van der Waals surface area contributed by atoms with E-state index < -0.39 is 4.92 Å². The number of hydrogen-bond donors (Lipinski definition) is 1. The molecular weight excluding hydrogens is 402 g/mol. The molecule has 2 atom stereocenters. The normalized spacial score (nSPS) is 18.4. The Hall–Kier alpha value is -2.71. The molecule has 1 aliphatic rings. The van der Waals surface area contributed by atoms with Crippen molar-refractivity contribution in [2.75, 3.05) is 5.75 Å². The van der Waals surface area contributed by atoms with E-state index in [1.807, 2.05) is 25.1 Å². The fourth-order valence-corrected chi connectivity index (χ4v) is 4.27. The summed E-state index contributed by atoms with van der Waals surface area (Å²) in [4.78, 5) is 35.7. The molecule has 1 aliphatic heterocycles. The van der Waals surface area contributed by atoms with E-state index in [4.69, 9.17) is 0 Å². The van der Waals surface area contributed by atoms with Crippen LogP contribution in [-0.2, 0) is 11.2 Å². The van der Waals surface area contributed by atoms with Crippen LogP contribution in [0.25, 0.3) is 0 Å². The molecular formula is C22H25N3O4S. The van der Waals surface area contributed by atoms with Gasteiger partial charge in [0.05, 0.1) is 11.0 Å². The Morgan fingerprint density at radius 3 is 2.50 bits per heavy atom. The molecule has 2 aromatic carbocycles. The number of aryl methyl sites for hydroxylation is 1. The molecule has 1 unspecified atom stereocenters. The van der Waals surface area contributed by atoms with Crippen molar-refractivity contribution in [3.63, 3.8) is 0 Å². The van der Waals surface area contributed by atoms with Crippen LogP contribution in [0.5, 0.6) is 0 Å². The zero-order valence-electron chi connectivity index (χ0n) is 16.8. The van der Waals surface area contributed by atoms with Crippen molar-refractivity contribution in [1.82, 2.24) is 10.4 Å². The van der Waals surface area contributed by atoms with Crippen molar-refractivity contribution < 1.29 is 14.5 Å². The van der Waals surface area contributed by atoms with Gasteiger partial charge in [0.25, 0.3) is 11.6 Å². The standard InChI is InChI=1S/C22H25N3O4S/c1-2-30-21(26)15-20-14-18(11-8-16-6-4-3-5-7-16)23-24(20)22(27)17-9-12-19(13-10-17)25(28)29/h3-7,9-10,12-13,18,20,23H,2,8,11,14-15H2,1H3/t18-,20?/m0/s1. The molecule has 1 heterocycles. The average Bonchev–Trinajstić information content (AvgIpc) is 3.15. The zero-order chi connectivity index (χ0) is 21.5. The fraction of sp³-hybridized carbons (Fsp3) is 0.364. The third kappa shape index (κ3) is 5.67. The predicted molar refractivity (Wildman–Crippen MR) is 117 cm³/mol. The molecule has 2 aromatic rings. The Morgan fingerprint density at radius 1 is 1.17 bits per heavy atom. The monoisotopic (exact) mass is 427 g/mol. The van der Waals surface area contributed by atoms with E-state index >= 15 is 0 Å². The SMILES string of the molecule is CCSC(=O)CC1C[C@H](CCc2ccccc2)NN1C(=O)c1ccc([N+](=O)[O-])cc1. The van der Waals surface area contributed by atoms with Crippen LogP contribution < -0.4 is 5.43 Å². The Labute approximate surface area is 180 Å². The van der Waals surface area contributed by atoms with E-state index in [1.54, 1.807) is 5.01 Å². The number of nitrogens with zero attached hydrogens (tertiary/aromatic N) is 2. The zero-order valence-corrected chi connectivity index (χ0v) is 17.6. The smallest absolute Gasteiger partial charge is 0.269 e. The lowest BCUT2D eigenvalue weighted by atomic mass is 10.0. The first-order valence-corrected chi connectivity index (χ1v) is 11.0. The Kier molecular flexibility index (Phi) is 7.59. The Bertz CT molecular complexity index is 889. The van der Waals surface area contributed by atoms with Crippen LogP contribution in [0.2, 0.25) is 0 Å². The summed E-state index contributed by atoms with van der Waals surface area (Å²) in [6.45, 7) is 1.93. The van der Waals surface area contributed by atoms with Crippen LogP contribution in [0.3, 0.4) is 0 Å². The summed E-state index contributed by atoms with van der Waals surface area (Å²) in [5.74, 6) is 0.429. The molecule has 7 nitrogen and oxygen atoms in total. The van der Waals surface area contributed by atoms with E-state index in [1.165, 1.54) is 41.6 Å². The van der Waals surface area contributed by atoms with E-state index in [9.17, 15) is 19.7 Å². The molecule has 3 rings (SSSR count). The van der Waals surface area contributed by atoms with Crippen molar-refractivity contribution in [1.29, 1.82) is 0 Å². The number of amides is 1. The minimum absolute atomic E-state index is 0.0623. The van der Waals surface area contributed by atoms with Gasteiger partial charge in [0.15, 0.2) is 5.12 Å². The van der Waals surface area contributed by atoms with E-state index in [0.717, 1.165) is 12.8 Å². The first-order chi connectivity index (χ1) is 14.5. The highest BCUT2D eigenvalue weighted by Crippen LogP contribution is 2.26. The van der Waals surface area contributed by atoms with Gasteiger partial charge >= 0.3 is 0 Å². The van der Waals surface area contributed by atoms with Gasteiger partial charge in [0.1, 0.15) is 0 Å². The number of nitro benzene ring substituents is 1. The number of hydrogen-bond acceptors (Lipinski definition) is 6. The summed E-state index contributed by atoms with van der Waals surface area (Å²) in [7, 11) is 0. The number of nitro groups is 1. The molecule has 8 heteroatoms. The molecule has 158 valence electrons. The lowest BCUT2D eigenvalue weighted by Gasteiger charge is -2.24. The van der Waals surface area contributed by atoms with Crippen LogP contribution in [0.1, 0.15) is 42.1 Å². The lowest BCUT2D eigenvalue weighted by Crippen LogP contribution is -2.44. The van der Waals surface area contributed by atoms with Gasteiger partial charge in [-0.2, -0.15) is 0 Å². The van der Waals surface area contributed by atoms with Crippen LogP contribution in [0.4, 0.5) is 5.69 Å². The van der Waals surface area contributed by atoms with Gasteiger partial charge < -0.3 is 0 Å². The van der Waals surface area contributed by atoms with Crippen molar-refractivity contribution >= 4 is 28.5 Å². The first-order valence-electron chi connectivity index (χ1n) is 10.0. The average molecular weight is 428 g/mol. The van der Waals surface area contributed by atoms with Gasteiger partial charge in [-0.1, -0.05) is 49.0 Å². The fourth-order valence-electron chi connectivity index (χ4n) is 3.63. The number of carbonyl (C=O) groups excluding carboxylic acids is 2. The van der Waals surface area contributed by atoms with Crippen LogP contribution in [-0.4, -0.2) is 38.8 Å². The molecule has 0 spiro atoms. The molecule has 0 aromatic heterocycles. The van der Waals surface area contributed by atoms with E-state index in [-0.39, 0.29) is 35.2 Å². The van der Waals surface area contributed by atoms with Gasteiger partial charge in [-0.05, 0) is 42.7 Å². The predicted octanol–water partition coefficient (Wildman–Crippen LogP) is 3.99. The van der Waals surface area contributed by atoms with Crippen molar-refractivity contribution in [3.8, 4) is 0 Å². The highest BCUT2D eigenvalue weighted by atomic mass is 32.2. The maximum absolute atomic E-state index is 13.1. The number of thioether (sulfide) groups is 1. The van der Waals surface area contributed by atoms with Crippen molar-refractivity contribution in [2.45, 2.75) is 44.7 Å². The summed E-state index contributed by atoms with van der Waals surface area (Å²) < 4.78 is 0. The molecule has 1 fully saturated rings. The molecule has 0 radical (unpaired) electrons. The number of non-ortho nitro benzene ring substituents is 1. The van der Waals surface area contributed by atoms with E-state index in [0.29, 0.717) is 17.7 Å². The minimum atomic E-state index is -0.495. The maximum Gasteiger partial charge on any atom is 0.269 e. The Morgan fingerprint density at radius 2 is 1.87 bits per heavy atom. The number of carbonyl (C=O) groups is 2. The Balaban J connectivity index is 1.71. The maximum atomic E-state index is 13.1. The third-order valence-corrected chi connectivity index (χ3v) is 5.90. The number of hydrazine groups is 1. The molecule has 0 saturated carbocycles. The summed E-state index contributed by atoms with van der Waals surface area (Å²) >= 11 is 1.26. The molecule has 1 N–H and O–H groups in total. The minimum Gasteiger partial charge on any atom is -0.287 e. The van der Waals surface area contributed by atoms with Gasteiger partial charge in [-0.3, -0.25) is 24.7 Å². The highest BCUT2D eigenvalue weighted by Gasteiger charge is 2.36. The molecule has 0 aliphatic carbocycles. The molecule has 0 bridgehead atoms. The van der Waals surface area contributed by atoms with E-state index in [2.05, 4.69) is 17.6 Å². The summed E-state index contributed by atoms with van der Waals surface area (Å²) in [5.41, 5.74) is 4.81. The second kappa shape index (κ2) is 10.4. The largest absolute Gasteiger partial charge is 0.287 e. The first kappa shape index (κ1) is 22.0. The van der Waals surface area contributed by atoms with Crippen molar-refractivity contribution in [2.24, 2.45) is 0 Å². The topological polar surface area (TPSA) is 92.6 Å². The van der Waals surface area contributed by atoms with Crippen LogP contribution in [0, 0.1) is 10.1 Å². The second-order valence-corrected chi connectivity index (χ2v) is 8.55. The summed E-state index contributed by atoms with van der Waals surface area (Å²) in [5, 5.41) is 12.5. The van der Waals surface area contributed by atoms with Gasteiger partial charge in [-0.15, -0.1) is 0 Å². The van der Waals surface area contributed by atoms with Crippen molar-refractivity contribution in [3.05, 3.63) is 75.8 Å².